The maximum atomic E-state index is 12.0. The van der Waals surface area contributed by atoms with Crippen molar-refractivity contribution in [2.24, 2.45) is 23.7 Å². The Kier molecular flexibility index (Phi) is 52.8. The number of epoxide rings is 1. The summed E-state index contributed by atoms with van der Waals surface area (Å²) in [6.07, 6.45) is 12.6. The summed E-state index contributed by atoms with van der Waals surface area (Å²) in [5.41, 5.74) is 0. The van der Waals surface area contributed by atoms with Gasteiger partial charge in [0, 0.05) is 58.9 Å². The Bertz CT molecular complexity index is 2620. The molecular formula is C82H125ClO10S5. The van der Waals surface area contributed by atoms with Gasteiger partial charge in [-0.15, -0.1) is 58.8 Å². The number of ether oxygens (including phenoxy) is 9. The van der Waals surface area contributed by atoms with Crippen molar-refractivity contribution in [1.29, 1.82) is 0 Å². The van der Waals surface area contributed by atoms with Gasteiger partial charge in [-0.25, -0.2) is 0 Å². The van der Waals surface area contributed by atoms with E-state index in [1.807, 2.05) is 156 Å². The molecule has 1 fully saturated rings. The lowest BCUT2D eigenvalue weighted by atomic mass is 10.1. The largest absolute Gasteiger partial charge is 0.494 e. The molecule has 550 valence electrons. The highest BCUT2D eigenvalue weighted by Gasteiger charge is 2.26. The van der Waals surface area contributed by atoms with Crippen LogP contribution in [0.5, 0.6) is 5.75 Å². The van der Waals surface area contributed by atoms with Gasteiger partial charge in [-0.2, -0.15) is 0 Å². The fourth-order valence-electron chi connectivity index (χ4n) is 8.14. The Morgan fingerprint density at radius 2 is 0.908 bits per heavy atom. The van der Waals surface area contributed by atoms with Crippen molar-refractivity contribution in [3.05, 3.63) is 174 Å². The number of hydrogen-bond donors (Lipinski definition) is 0. The average Bonchev–Trinajstić information content (AvgIpc) is 2.26. The third kappa shape index (κ3) is 53.4. The van der Waals surface area contributed by atoms with E-state index in [1.54, 1.807) is 35.3 Å². The standard InChI is InChI=1S/C20H24O2S2.C15H23ClO2S.C14H24O2S.C11H22O3.C11H16O.C11H16S/c1-16(2)13-20(21)22-17(14-23-18-9-5-3-6-10-18)15-24-19-11-7-4-8-12-19;1-11(2)17-9-14(18-12(3)4)10-19-15-7-5-13(16)6-8-15;1-11(2)15-9-13(16-12(3)4)10-17-14-7-5-6-8-14;1-8(2)11(7-12-9(3)4)14-6-10-5-13-10;2*1-10(2)8-9-12-11-6-4-3-5-7-11/h3-12,16-17H,13-15H2,1-2H3;5-8,11-12,14H,9-10H2,1-4H3;5,7-8,11-13H,6,9-10H2,1-4H3;8-11H,5-7H2,1-4H3;2*3-7,10H,8-9H2,1-2H3. The summed E-state index contributed by atoms with van der Waals surface area (Å²) in [5.74, 6) is 7.84. The van der Waals surface area contributed by atoms with Crippen LogP contribution in [0.1, 0.15) is 150 Å². The van der Waals surface area contributed by atoms with E-state index in [9.17, 15) is 4.79 Å². The molecule has 0 spiro atoms. The number of benzene rings is 5. The number of rotatable bonds is 40. The number of para-hydroxylation sites is 1. The SMILES string of the molecule is CC(C)CC(=O)OC(CSc1ccccc1)CSc1ccccc1.CC(C)CCOc1ccccc1.CC(C)CCSc1ccccc1.CC(C)OCC(CSC1=CCC=C1)OC(C)C.CC(C)OCC(CSc1ccc(Cl)cc1)OC(C)C.CC(C)OCC(OCC1CO1)C(C)C. The zero-order chi connectivity index (χ0) is 72.3. The van der Waals surface area contributed by atoms with E-state index in [4.69, 9.17) is 54.2 Å². The summed E-state index contributed by atoms with van der Waals surface area (Å²) in [5, 5.41) is 0.766. The molecule has 1 saturated heterocycles. The molecule has 0 bridgehead atoms. The molecule has 10 nitrogen and oxygen atoms in total. The first-order valence-corrected chi connectivity index (χ1v) is 40.8. The van der Waals surface area contributed by atoms with Crippen LogP contribution in [0.2, 0.25) is 5.02 Å². The maximum Gasteiger partial charge on any atom is 0.306 e. The van der Waals surface area contributed by atoms with Crippen LogP contribution in [0, 0.1) is 23.7 Å². The molecule has 4 atom stereocenters. The molecular weight excluding hydrogens is 1340 g/mol. The van der Waals surface area contributed by atoms with Gasteiger partial charge in [0.25, 0.3) is 0 Å². The fourth-order valence-corrected chi connectivity index (χ4v) is 13.3. The maximum absolute atomic E-state index is 12.0. The summed E-state index contributed by atoms with van der Waals surface area (Å²) in [4.78, 5) is 18.4. The van der Waals surface area contributed by atoms with Gasteiger partial charge in [0.05, 0.1) is 88.5 Å². The number of thioether (sulfide) groups is 5. The van der Waals surface area contributed by atoms with E-state index in [0.29, 0.717) is 56.7 Å². The van der Waals surface area contributed by atoms with Crippen molar-refractivity contribution in [2.45, 2.75) is 231 Å². The Labute approximate surface area is 621 Å². The highest BCUT2D eigenvalue weighted by atomic mass is 35.5. The Hall–Kier alpha value is -3.39. The van der Waals surface area contributed by atoms with Gasteiger partial charge in [0.1, 0.15) is 18.0 Å². The smallest absolute Gasteiger partial charge is 0.306 e. The number of halogens is 1. The molecule has 0 aromatic heterocycles. The van der Waals surface area contributed by atoms with E-state index >= 15 is 0 Å². The van der Waals surface area contributed by atoms with Crippen LogP contribution < -0.4 is 4.74 Å². The summed E-state index contributed by atoms with van der Waals surface area (Å²) < 4.78 is 50.7. The van der Waals surface area contributed by atoms with Crippen molar-refractivity contribution in [3.63, 3.8) is 0 Å². The highest BCUT2D eigenvalue weighted by Crippen LogP contribution is 2.28. The molecule has 0 amide bonds. The topological polar surface area (TPSA) is 103 Å². The molecule has 98 heavy (non-hydrogen) atoms. The summed E-state index contributed by atoms with van der Waals surface area (Å²) in [6.45, 7) is 42.2. The van der Waals surface area contributed by atoms with E-state index in [-0.39, 0.29) is 60.9 Å². The first-order chi connectivity index (χ1) is 46.8. The Balaban J connectivity index is 0.000000407. The first-order valence-electron chi connectivity index (χ1n) is 35.5. The summed E-state index contributed by atoms with van der Waals surface area (Å²) in [6, 6.07) is 48.9. The molecule has 16 heteroatoms. The van der Waals surface area contributed by atoms with Crippen molar-refractivity contribution in [1.82, 2.24) is 0 Å². The number of esters is 1. The number of allylic oxidation sites excluding steroid dienone is 3. The zero-order valence-corrected chi connectivity index (χ0v) is 67.6. The third-order valence-electron chi connectivity index (χ3n) is 13.5. The minimum atomic E-state index is -0.0997. The quantitative estimate of drug-likeness (QED) is 0.0211. The van der Waals surface area contributed by atoms with E-state index < -0.39 is 0 Å². The predicted molar refractivity (Wildman–Crippen MR) is 426 cm³/mol. The normalized spacial score (nSPS) is 14.1. The van der Waals surface area contributed by atoms with E-state index in [2.05, 4.69) is 156 Å². The monoisotopic (exact) mass is 1460 g/mol. The lowest BCUT2D eigenvalue weighted by Gasteiger charge is -2.22. The Morgan fingerprint density at radius 1 is 0.480 bits per heavy atom. The first kappa shape index (κ1) is 90.7. The van der Waals surface area contributed by atoms with Gasteiger partial charge < -0.3 is 42.6 Å². The highest BCUT2D eigenvalue weighted by molar-refractivity contribution is 8.03. The average molecular weight is 1470 g/mol. The Morgan fingerprint density at radius 3 is 1.32 bits per heavy atom. The number of carbonyl (C=O) groups is 1. The third-order valence-corrected chi connectivity index (χ3v) is 19.4. The van der Waals surface area contributed by atoms with Gasteiger partial charge in [0.15, 0.2) is 0 Å². The van der Waals surface area contributed by atoms with Gasteiger partial charge in [-0.05, 0) is 191 Å². The molecule has 2 aliphatic rings. The van der Waals surface area contributed by atoms with Gasteiger partial charge in [-0.3, -0.25) is 4.79 Å². The molecule has 1 aliphatic carbocycles. The van der Waals surface area contributed by atoms with Crippen LogP contribution in [0.25, 0.3) is 0 Å². The lowest BCUT2D eigenvalue weighted by Crippen LogP contribution is -2.28. The van der Waals surface area contributed by atoms with Gasteiger partial charge in [0.2, 0.25) is 0 Å². The molecule has 5 aromatic carbocycles. The van der Waals surface area contributed by atoms with Gasteiger partial charge in [-0.1, -0.05) is 158 Å². The number of carbonyl (C=O) groups excluding carboxylic acids is 1. The minimum absolute atomic E-state index is 0.0911. The van der Waals surface area contributed by atoms with Crippen molar-refractivity contribution in [3.8, 4) is 5.75 Å². The van der Waals surface area contributed by atoms with E-state index in [0.717, 1.165) is 65.8 Å². The molecule has 0 radical (unpaired) electrons. The number of hydrogen-bond acceptors (Lipinski definition) is 15. The summed E-state index contributed by atoms with van der Waals surface area (Å²) >= 11 is 14.9. The van der Waals surface area contributed by atoms with Crippen molar-refractivity contribution < 1.29 is 47.4 Å². The van der Waals surface area contributed by atoms with Crippen LogP contribution >= 0.6 is 70.4 Å². The minimum Gasteiger partial charge on any atom is -0.494 e. The van der Waals surface area contributed by atoms with Crippen molar-refractivity contribution >= 4 is 76.4 Å². The summed E-state index contributed by atoms with van der Waals surface area (Å²) in [7, 11) is 0. The van der Waals surface area contributed by atoms with Crippen LogP contribution in [-0.2, 0) is 42.7 Å². The molecule has 0 saturated carbocycles. The predicted octanol–water partition coefficient (Wildman–Crippen LogP) is 22.7. The fraction of sp³-hybridized carbons (Fsp3) is 0.573. The second-order valence-electron chi connectivity index (χ2n) is 26.8. The zero-order valence-electron chi connectivity index (χ0n) is 62.8. The molecule has 5 aromatic rings. The van der Waals surface area contributed by atoms with Crippen LogP contribution in [0.4, 0.5) is 0 Å². The second-order valence-corrected chi connectivity index (χ2v) is 32.8. The molecule has 1 aliphatic heterocycles. The van der Waals surface area contributed by atoms with Crippen LogP contribution in [0.15, 0.2) is 188 Å². The van der Waals surface area contributed by atoms with Crippen LogP contribution in [0.3, 0.4) is 0 Å². The van der Waals surface area contributed by atoms with Crippen LogP contribution in [-0.4, -0.2) is 135 Å². The molecule has 1 heterocycles. The molecule has 4 unspecified atom stereocenters. The molecule has 0 N–H and O–H groups in total. The van der Waals surface area contributed by atoms with Gasteiger partial charge >= 0.3 is 5.97 Å². The second kappa shape index (κ2) is 57.1. The molecule has 7 rings (SSSR count). The van der Waals surface area contributed by atoms with E-state index in [1.165, 1.54) is 36.7 Å². The lowest BCUT2D eigenvalue weighted by molar-refractivity contribution is -0.147. The van der Waals surface area contributed by atoms with Crippen molar-refractivity contribution in [2.75, 3.05) is 68.4 Å².